The molecule has 1 aromatic heterocycles. The molecule has 2 N–H and O–H groups in total. The van der Waals surface area contributed by atoms with E-state index in [0.717, 1.165) is 13.1 Å². The van der Waals surface area contributed by atoms with Crippen LogP contribution in [0.5, 0.6) is 0 Å². The van der Waals surface area contributed by atoms with Crippen LogP contribution in [0, 0.1) is 11.8 Å². The molecule has 0 aromatic carbocycles. The van der Waals surface area contributed by atoms with E-state index in [9.17, 15) is 4.79 Å². The fraction of sp³-hybridized carbons (Fsp3) is 0.615. The van der Waals surface area contributed by atoms with E-state index >= 15 is 0 Å². The minimum atomic E-state index is -0.0110. The molecule has 4 heteroatoms. The van der Waals surface area contributed by atoms with Crippen LogP contribution in [0.3, 0.4) is 0 Å². The number of carbonyl (C=O) groups excluding carboxylic acids is 1. The van der Waals surface area contributed by atoms with Crippen molar-refractivity contribution in [3.8, 4) is 0 Å². The summed E-state index contributed by atoms with van der Waals surface area (Å²) >= 11 is 0. The third kappa shape index (κ3) is 2.69. The van der Waals surface area contributed by atoms with Crippen molar-refractivity contribution >= 4 is 5.91 Å². The van der Waals surface area contributed by atoms with Gasteiger partial charge in [-0.05, 0) is 30.4 Å². The summed E-state index contributed by atoms with van der Waals surface area (Å²) in [5.41, 5.74) is 5.47. The van der Waals surface area contributed by atoms with E-state index < -0.39 is 0 Å². The van der Waals surface area contributed by atoms with Crippen molar-refractivity contribution in [1.82, 2.24) is 4.90 Å². The van der Waals surface area contributed by atoms with Gasteiger partial charge in [-0.25, -0.2) is 0 Å². The lowest BCUT2D eigenvalue weighted by Gasteiger charge is -2.34. The van der Waals surface area contributed by atoms with Crippen molar-refractivity contribution in [3.63, 3.8) is 0 Å². The average molecular weight is 236 g/mol. The Hall–Kier alpha value is -1.29. The van der Waals surface area contributed by atoms with Crippen molar-refractivity contribution in [1.29, 1.82) is 0 Å². The van der Waals surface area contributed by atoms with Gasteiger partial charge in [0.15, 0.2) is 5.76 Å². The highest BCUT2D eigenvalue weighted by Gasteiger charge is 2.27. The Kier molecular flexibility index (Phi) is 3.52. The minimum Gasteiger partial charge on any atom is -0.455 e. The SMILES string of the molecule is CC1CC(C)CN(C(=O)c2ccc(CN)o2)C1. The first-order valence-electron chi connectivity index (χ1n) is 6.18. The number of hydrogen-bond acceptors (Lipinski definition) is 3. The summed E-state index contributed by atoms with van der Waals surface area (Å²) in [6.07, 6.45) is 1.19. The van der Waals surface area contributed by atoms with Crippen LogP contribution in [-0.4, -0.2) is 23.9 Å². The molecule has 2 unspecified atom stereocenters. The predicted octanol–water partition coefficient (Wildman–Crippen LogP) is 1.86. The Labute approximate surface area is 102 Å². The quantitative estimate of drug-likeness (QED) is 0.852. The molecule has 1 saturated heterocycles. The Morgan fingerprint density at radius 3 is 2.59 bits per heavy atom. The molecule has 0 spiro atoms. The van der Waals surface area contributed by atoms with Gasteiger partial charge < -0.3 is 15.1 Å². The topological polar surface area (TPSA) is 59.5 Å². The van der Waals surface area contributed by atoms with E-state index in [2.05, 4.69) is 13.8 Å². The van der Waals surface area contributed by atoms with Crippen molar-refractivity contribution in [2.24, 2.45) is 17.6 Å². The summed E-state index contributed by atoms with van der Waals surface area (Å²) in [6.45, 7) is 6.34. The van der Waals surface area contributed by atoms with Gasteiger partial charge in [0.05, 0.1) is 6.54 Å². The van der Waals surface area contributed by atoms with Crippen molar-refractivity contribution in [3.05, 3.63) is 23.7 Å². The zero-order chi connectivity index (χ0) is 12.4. The standard InChI is InChI=1S/C13H20N2O2/c1-9-5-10(2)8-15(7-9)13(16)12-4-3-11(6-14)17-12/h3-4,9-10H,5-8,14H2,1-2H3. The van der Waals surface area contributed by atoms with Crippen LogP contribution in [0.25, 0.3) is 0 Å². The number of likely N-dealkylation sites (tertiary alicyclic amines) is 1. The number of nitrogens with two attached hydrogens (primary N) is 1. The lowest BCUT2D eigenvalue weighted by molar-refractivity contribution is 0.0590. The molecule has 1 aliphatic rings. The molecular formula is C13H20N2O2. The maximum absolute atomic E-state index is 12.2. The smallest absolute Gasteiger partial charge is 0.289 e. The molecule has 0 bridgehead atoms. The molecule has 17 heavy (non-hydrogen) atoms. The Balaban J connectivity index is 2.08. The number of rotatable bonds is 2. The fourth-order valence-electron chi connectivity index (χ4n) is 2.59. The molecule has 0 aliphatic carbocycles. The summed E-state index contributed by atoms with van der Waals surface area (Å²) in [5, 5.41) is 0. The molecule has 2 heterocycles. The maximum Gasteiger partial charge on any atom is 0.289 e. The summed E-state index contributed by atoms with van der Waals surface area (Å²) in [6, 6.07) is 3.48. The molecule has 2 atom stereocenters. The zero-order valence-corrected chi connectivity index (χ0v) is 10.5. The van der Waals surface area contributed by atoms with E-state index in [0.29, 0.717) is 29.9 Å². The van der Waals surface area contributed by atoms with Crippen LogP contribution in [0.1, 0.15) is 36.6 Å². The number of piperidine rings is 1. The van der Waals surface area contributed by atoms with Gasteiger partial charge in [0.1, 0.15) is 5.76 Å². The summed E-state index contributed by atoms with van der Waals surface area (Å²) in [7, 11) is 0. The molecule has 4 nitrogen and oxygen atoms in total. The molecule has 1 aliphatic heterocycles. The highest BCUT2D eigenvalue weighted by Crippen LogP contribution is 2.23. The molecule has 1 fully saturated rings. The van der Waals surface area contributed by atoms with Gasteiger partial charge in [0.2, 0.25) is 0 Å². The van der Waals surface area contributed by atoms with Gasteiger partial charge >= 0.3 is 0 Å². The Morgan fingerprint density at radius 2 is 2.06 bits per heavy atom. The molecule has 0 radical (unpaired) electrons. The molecular weight excluding hydrogens is 216 g/mol. The second-order valence-electron chi connectivity index (χ2n) is 5.13. The van der Waals surface area contributed by atoms with E-state index in [4.69, 9.17) is 10.2 Å². The second kappa shape index (κ2) is 4.92. The van der Waals surface area contributed by atoms with Crippen LogP contribution in [0.2, 0.25) is 0 Å². The number of amides is 1. The summed E-state index contributed by atoms with van der Waals surface area (Å²) in [4.78, 5) is 14.1. The molecule has 1 amide bonds. The van der Waals surface area contributed by atoms with Crippen molar-refractivity contribution in [2.45, 2.75) is 26.8 Å². The van der Waals surface area contributed by atoms with Crippen molar-refractivity contribution in [2.75, 3.05) is 13.1 Å². The highest BCUT2D eigenvalue weighted by atomic mass is 16.4. The van der Waals surface area contributed by atoms with Crippen LogP contribution in [-0.2, 0) is 6.54 Å². The third-order valence-corrected chi connectivity index (χ3v) is 3.23. The van der Waals surface area contributed by atoms with E-state index in [1.807, 2.05) is 4.90 Å². The first kappa shape index (κ1) is 12.2. The summed E-state index contributed by atoms with van der Waals surface area (Å²) < 4.78 is 5.40. The minimum absolute atomic E-state index is 0.0110. The highest BCUT2D eigenvalue weighted by molar-refractivity contribution is 5.91. The zero-order valence-electron chi connectivity index (χ0n) is 10.5. The Morgan fingerprint density at radius 1 is 1.41 bits per heavy atom. The second-order valence-corrected chi connectivity index (χ2v) is 5.13. The van der Waals surface area contributed by atoms with Gasteiger partial charge in [-0.1, -0.05) is 13.8 Å². The molecule has 1 aromatic rings. The largest absolute Gasteiger partial charge is 0.455 e. The third-order valence-electron chi connectivity index (χ3n) is 3.23. The Bertz CT molecular complexity index is 390. The van der Waals surface area contributed by atoms with Gasteiger partial charge in [-0.15, -0.1) is 0 Å². The van der Waals surface area contributed by atoms with E-state index in [1.54, 1.807) is 12.1 Å². The first-order valence-corrected chi connectivity index (χ1v) is 6.18. The number of hydrogen-bond donors (Lipinski definition) is 1. The van der Waals surface area contributed by atoms with Gasteiger partial charge in [-0.3, -0.25) is 4.79 Å². The number of nitrogens with zero attached hydrogens (tertiary/aromatic N) is 1. The fourth-order valence-corrected chi connectivity index (χ4v) is 2.59. The first-order chi connectivity index (χ1) is 8.10. The van der Waals surface area contributed by atoms with Crippen LogP contribution < -0.4 is 5.73 Å². The van der Waals surface area contributed by atoms with Crippen molar-refractivity contribution < 1.29 is 9.21 Å². The van der Waals surface area contributed by atoms with Crippen LogP contribution >= 0.6 is 0 Å². The van der Waals surface area contributed by atoms with Gasteiger partial charge in [-0.2, -0.15) is 0 Å². The lowest BCUT2D eigenvalue weighted by atomic mass is 9.92. The monoisotopic (exact) mass is 236 g/mol. The average Bonchev–Trinajstić information content (AvgIpc) is 2.75. The van der Waals surface area contributed by atoms with Gasteiger partial charge in [0, 0.05) is 13.1 Å². The number of carbonyl (C=O) groups is 1. The maximum atomic E-state index is 12.2. The van der Waals surface area contributed by atoms with E-state index in [1.165, 1.54) is 6.42 Å². The molecule has 0 saturated carbocycles. The molecule has 2 rings (SSSR count). The molecule has 94 valence electrons. The van der Waals surface area contributed by atoms with Crippen LogP contribution in [0.4, 0.5) is 0 Å². The lowest BCUT2D eigenvalue weighted by Crippen LogP contribution is -2.42. The summed E-state index contributed by atoms with van der Waals surface area (Å²) in [5.74, 6) is 2.18. The van der Waals surface area contributed by atoms with E-state index in [-0.39, 0.29) is 5.91 Å². The van der Waals surface area contributed by atoms with Crippen LogP contribution in [0.15, 0.2) is 16.5 Å². The van der Waals surface area contributed by atoms with Gasteiger partial charge in [0.25, 0.3) is 5.91 Å². The predicted molar refractivity (Wildman–Crippen MR) is 65.4 cm³/mol. The number of furan rings is 1. The normalized spacial score (nSPS) is 25.0.